The summed E-state index contributed by atoms with van der Waals surface area (Å²) in [6.45, 7) is 0.815. The van der Waals surface area contributed by atoms with Crippen molar-refractivity contribution < 1.29 is 4.79 Å². The van der Waals surface area contributed by atoms with E-state index in [1.54, 1.807) is 0 Å². The first-order chi connectivity index (χ1) is 13.7. The molecule has 7 nitrogen and oxygen atoms in total. The number of nitrogens with one attached hydrogen (secondary N) is 2. The maximum Gasteiger partial charge on any atom is 0.234 e. The molecular weight excluding hydrogens is 352 g/mol. The number of benzene rings is 2. The highest BCUT2D eigenvalue weighted by Crippen LogP contribution is 2.32. The Hall–Kier alpha value is -3.19. The fraction of sp³-hybridized carbons (Fsp3) is 0.286. The number of nitrogens with two attached hydrogens (primary N) is 1. The highest BCUT2D eigenvalue weighted by Gasteiger charge is 2.36. The molecule has 3 heterocycles. The number of carbonyl (C=O) groups excluding carboxylic acids is 1. The summed E-state index contributed by atoms with van der Waals surface area (Å²) in [5.41, 5.74) is 9.55. The number of carbonyl (C=O) groups is 1. The maximum atomic E-state index is 12.0. The average Bonchev–Trinajstić information content (AvgIpc) is 3.42. The van der Waals surface area contributed by atoms with Crippen LogP contribution in [0.5, 0.6) is 0 Å². The summed E-state index contributed by atoms with van der Waals surface area (Å²) in [6, 6.07) is 15.6. The summed E-state index contributed by atoms with van der Waals surface area (Å²) in [6.07, 6.45) is 2.36. The van der Waals surface area contributed by atoms with E-state index in [1.165, 1.54) is 0 Å². The van der Waals surface area contributed by atoms with Crippen LogP contribution in [0.2, 0.25) is 0 Å². The third-order valence-corrected chi connectivity index (χ3v) is 5.57. The molecule has 1 fully saturated rings. The number of aromatic nitrogens is 4. The number of imidazole rings is 2. The fourth-order valence-electron chi connectivity index (χ4n) is 4.25. The molecule has 5 rings (SSSR count). The van der Waals surface area contributed by atoms with E-state index in [1.807, 2.05) is 48.5 Å². The summed E-state index contributed by atoms with van der Waals surface area (Å²) in [5.74, 6) is 1.44. The molecule has 1 saturated heterocycles. The molecule has 2 aromatic carbocycles. The van der Waals surface area contributed by atoms with Gasteiger partial charge in [-0.2, -0.15) is 0 Å². The van der Waals surface area contributed by atoms with Gasteiger partial charge in [0.2, 0.25) is 5.91 Å². The number of amides is 1. The SMILES string of the molecule is NC(=O)[C@@H]1CCCN1C(Cc1nc2ccccc2[nH]1)c1nc2ccccc2[nH]1. The second-order valence-corrected chi connectivity index (χ2v) is 7.36. The van der Waals surface area contributed by atoms with Gasteiger partial charge in [0.05, 0.1) is 34.2 Å². The van der Waals surface area contributed by atoms with E-state index in [0.717, 1.165) is 53.1 Å². The van der Waals surface area contributed by atoms with Crippen molar-refractivity contribution in [2.75, 3.05) is 6.54 Å². The average molecular weight is 374 g/mol. The topological polar surface area (TPSA) is 104 Å². The predicted octanol–water partition coefficient (Wildman–Crippen LogP) is 2.67. The minimum absolute atomic E-state index is 0.104. The van der Waals surface area contributed by atoms with Gasteiger partial charge in [0, 0.05) is 6.42 Å². The predicted molar refractivity (Wildman–Crippen MR) is 108 cm³/mol. The van der Waals surface area contributed by atoms with Gasteiger partial charge in [0.1, 0.15) is 11.6 Å². The minimum Gasteiger partial charge on any atom is -0.368 e. The van der Waals surface area contributed by atoms with Crippen LogP contribution in [-0.2, 0) is 11.2 Å². The third-order valence-electron chi connectivity index (χ3n) is 5.57. The highest BCUT2D eigenvalue weighted by molar-refractivity contribution is 5.80. The number of hydrogen-bond donors (Lipinski definition) is 3. The molecule has 142 valence electrons. The quantitative estimate of drug-likeness (QED) is 0.499. The molecule has 7 heteroatoms. The molecular formula is C21H22N6O. The third kappa shape index (κ3) is 2.93. The van der Waals surface area contributed by atoms with Gasteiger partial charge in [-0.15, -0.1) is 0 Å². The van der Waals surface area contributed by atoms with Crippen molar-refractivity contribution in [2.24, 2.45) is 5.73 Å². The molecule has 0 radical (unpaired) electrons. The number of rotatable bonds is 5. The van der Waals surface area contributed by atoms with E-state index in [2.05, 4.69) is 14.9 Å². The zero-order chi connectivity index (χ0) is 19.1. The number of para-hydroxylation sites is 4. The fourth-order valence-corrected chi connectivity index (χ4v) is 4.25. The summed E-state index contributed by atoms with van der Waals surface area (Å²) in [5, 5.41) is 0. The molecule has 0 bridgehead atoms. The van der Waals surface area contributed by atoms with E-state index in [9.17, 15) is 4.79 Å². The lowest BCUT2D eigenvalue weighted by Crippen LogP contribution is -2.43. The van der Waals surface area contributed by atoms with Crippen molar-refractivity contribution >= 4 is 28.0 Å². The Bertz CT molecular complexity index is 1080. The highest BCUT2D eigenvalue weighted by atomic mass is 16.1. The Balaban J connectivity index is 1.56. The van der Waals surface area contributed by atoms with E-state index < -0.39 is 0 Å². The number of nitrogens with zero attached hydrogens (tertiary/aromatic N) is 3. The number of H-pyrrole nitrogens is 2. The molecule has 2 atom stereocenters. The zero-order valence-electron chi connectivity index (χ0n) is 15.4. The summed E-state index contributed by atoms with van der Waals surface area (Å²) in [7, 11) is 0. The molecule has 0 saturated carbocycles. The van der Waals surface area contributed by atoms with Crippen LogP contribution in [0.3, 0.4) is 0 Å². The van der Waals surface area contributed by atoms with Crippen LogP contribution in [0.25, 0.3) is 22.1 Å². The first-order valence-electron chi connectivity index (χ1n) is 9.62. The smallest absolute Gasteiger partial charge is 0.234 e. The minimum atomic E-state index is -0.275. The molecule has 4 aromatic rings. The molecule has 1 unspecified atom stereocenters. The number of hydrogen-bond acceptors (Lipinski definition) is 4. The number of likely N-dealkylation sites (tertiary alicyclic amines) is 1. The van der Waals surface area contributed by atoms with Gasteiger partial charge in [-0.25, -0.2) is 9.97 Å². The number of aromatic amines is 2. The van der Waals surface area contributed by atoms with Crippen LogP contribution in [0.15, 0.2) is 48.5 Å². The number of fused-ring (bicyclic) bond motifs is 2. The van der Waals surface area contributed by atoms with E-state index in [4.69, 9.17) is 15.7 Å². The lowest BCUT2D eigenvalue weighted by molar-refractivity contribution is -0.123. The van der Waals surface area contributed by atoms with Crippen LogP contribution < -0.4 is 5.73 Å². The van der Waals surface area contributed by atoms with Crippen LogP contribution in [-0.4, -0.2) is 43.3 Å². The summed E-state index contributed by atoms with van der Waals surface area (Å²) < 4.78 is 0. The van der Waals surface area contributed by atoms with Crippen molar-refractivity contribution in [1.29, 1.82) is 0 Å². The Morgan fingerprint density at radius 2 is 1.75 bits per heavy atom. The van der Waals surface area contributed by atoms with Crippen molar-refractivity contribution in [3.05, 3.63) is 60.2 Å². The Morgan fingerprint density at radius 3 is 2.43 bits per heavy atom. The van der Waals surface area contributed by atoms with Gasteiger partial charge in [0.25, 0.3) is 0 Å². The molecule has 28 heavy (non-hydrogen) atoms. The van der Waals surface area contributed by atoms with Crippen LogP contribution >= 0.6 is 0 Å². The lowest BCUT2D eigenvalue weighted by Gasteiger charge is -2.29. The second kappa shape index (κ2) is 6.76. The van der Waals surface area contributed by atoms with E-state index >= 15 is 0 Å². The summed E-state index contributed by atoms with van der Waals surface area (Å²) in [4.78, 5) is 30.6. The van der Waals surface area contributed by atoms with Crippen LogP contribution in [0, 0.1) is 0 Å². The monoisotopic (exact) mass is 374 g/mol. The maximum absolute atomic E-state index is 12.0. The standard InChI is InChI=1S/C21H22N6O/c22-20(28)17-10-5-11-27(17)18(21-25-15-8-3-4-9-16(15)26-21)12-19-23-13-6-1-2-7-14(13)24-19/h1-4,6-9,17-18H,5,10-12H2,(H2,22,28)(H,23,24)(H,25,26)/t17-,18?/m0/s1. The Morgan fingerprint density at radius 1 is 1.07 bits per heavy atom. The molecule has 1 aliphatic heterocycles. The van der Waals surface area contributed by atoms with Gasteiger partial charge in [0.15, 0.2) is 0 Å². The first-order valence-corrected chi connectivity index (χ1v) is 9.62. The van der Waals surface area contributed by atoms with Crippen molar-refractivity contribution in [1.82, 2.24) is 24.8 Å². The molecule has 1 aliphatic rings. The zero-order valence-corrected chi connectivity index (χ0v) is 15.4. The van der Waals surface area contributed by atoms with E-state index in [-0.39, 0.29) is 18.0 Å². The molecule has 2 aromatic heterocycles. The molecule has 0 aliphatic carbocycles. The lowest BCUT2D eigenvalue weighted by atomic mass is 10.1. The van der Waals surface area contributed by atoms with Gasteiger partial charge in [-0.3, -0.25) is 9.69 Å². The Kier molecular flexibility index (Phi) is 4.09. The van der Waals surface area contributed by atoms with Crippen LogP contribution in [0.4, 0.5) is 0 Å². The van der Waals surface area contributed by atoms with Gasteiger partial charge < -0.3 is 15.7 Å². The normalized spacial score (nSPS) is 18.8. The summed E-state index contributed by atoms with van der Waals surface area (Å²) >= 11 is 0. The second-order valence-electron chi connectivity index (χ2n) is 7.36. The molecule has 1 amide bonds. The number of primary amides is 1. The van der Waals surface area contributed by atoms with Crippen molar-refractivity contribution in [3.63, 3.8) is 0 Å². The first kappa shape index (κ1) is 16.9. The molecule has 0 spiro atoms. The van der Waals surface area contributed by atoms with Gasteiger partial charge >= 0.3 is 0 Å². The van der Waals surface area contributed by atoms with Crippen molar-refractivity contribution in [2.45, 2.75) is 31.3 Å². The van der Waals surface area contributed by atoms with Crippen LogP contribution in [0.1, 0.15) is 30.5 Å². The van der Waals surface area contributed by atoms with Gasteiger partial charge in [-0.05, 0) is 43.7 Å². The van der Waals surface area contributed by atoms with Crippen molar-refractivity contribution in [3.8, 4) is 0 Å². The Labute approximate surface area is 162 Å². The largest absolute Gasteiger partial charge is 0.368 e. The van der Waals surface area contributed by atoms with Gasteiger partial charge in [-0.1, -0.05) is 24.3 Å². The van der Waals surface area contributed by atoms with E-state index in [0.29, 0.717) is 6.42 Å². The molecule has 4 N–H and O–H groups in total.